The predicted octanol–water partition coefficient (Wildman–Crippen LogP) is 2.57. The molecule has 0 spiro atoms. The van der Waals surface area contributed by atoms with Crippen LogP contribution < -0.4 is 0 Å². The van der Waals surface area contributed by atoms with Crippen molar-refractivity contribution < 1.29 is 13.5 Å². The first-order chi connectivity index (χ1) is 9.46. The molecule has 1 aliphatic heterocycles. The van der Waals surface area contributed by atoms with Crippen LogP contribution in [0, 0.1) is 6.92 Å². The van der Waals surface area contributed by atoms with Gasteiger partial charge in [0.15, 0.2) is 0 Å². The monoisotopic (exact) mass is 317 g/mol. The van der Waals surface area contributed by atoms with E-state index in [1.807, 2.05) is 0 Å². The molecular weight excluding hydrogens is 298 g/mol. The number of rotatable bonds is 3. The van der Waals surface area contributed by atoms with E-state index >= 15 is 0 Å². The third-order valence-electron chi connectivity index (χ3n) is 3.76. The third-order valence-corrected chi connectivity index (χ3v) is 6.10. The number of halogens is 1. The first kappa shape index (κ1) is 15.8. The number of hydrogen-bond acceptors (Lipinski definition) is 3. The van der Waals surface area contributed by atoms with E-state index in [1.165, 1.54) is 4.31 Å². The first-order valence-corrected chi connectivity index (χ1v) is 8.67. The summed E-state index contributed by atoms with van der Waals surface area (Å²) in [6, 6.07) is 4.47. The van der Waals surface area contributed by atoms with Crippen molar-refractivity contribution in [2.24, 2.45) is 0 Å². The summed E-state index contributed by atoms with van der Waals surface area (Å²) in [7, 11) is -3.58. The number of aryl methyl sites for hydroxylation is 1. The molecule has 1 fully saturated rings. The van der Waals surface area contributed by atoms with Crippen LogP contribution in [-0.4, -0.2) is 37.0 Å². The van der Waals surface area contributed by atoms with Crippen LogP contribution in [-0.2, 0) is 10.0 Å². The molecule has 1 aliphatic rings. The highest BCUT2D eigenvalue weighted by Gasteiger charge is 2.32. The molecule has 112 valence electrons. The van der Waals surface area contributed by atoms with Crippen LogP contribution in [0.15, 0.2) is 23.1 Å². The van der Waals surface area contributed by atoms with Gasteiger partial charge in [0, 0.05) is 17.6 Å². The number of aliphatic hydroxyl groups excluding tert-OH is 1. The summed E-state index contributed by atoms with van der Waals surface area (Å²) in [5, 5.41) is 10.0. The Morgan fingerprint density at radius 1 is 1.35 bits per heavy atom. The second-order valence-corrected chi connectivity index (χ2v) is 7.51. The molecule has 1 heterocycles. The van der Waals surface area contributed by atoms with Crippen LogP contribution >= 0.6 is 11.6 Å². The Balaban J connectivity index is 2.41. The summed E-state index contributed by atoms with van der Waals surface area (Å²) in [6.45, 7) is 2.08. The topological polar surface area (TPSA) is 57.6 Å². The van der Waals surface area contributed by atoms with Gasteiger partial charge in [-0.05, 0) is 43.5 Å². The quantitative estimate of drug-likeness (QED) is 0.932. The van der Waals surface area contributed by atoms with Crippen LogP contribution in [0.3, 0.4) is 0 Å². The smallest absolute Gasteiger partial charge is 0.243 e. The summed E-state index contributed by atoms with van der Waals surface area (Å²) in [4.78, 5) is 0.280. The van der Waals surface area contributed by atoms with Crippen molar-refractivity contribution in [3.63, 3.8) is 0 Å². The van der Waals surface area contributed by atoms with Crippen molar-refractivity contribution in [2.75, 3.05) is 13.2 Å². The Hall–Kier alpha value is -0.620. The summed E-state index contributed by atoms with van der Waals surface area (Å²) in [5.74, 6) is 0. The molecule has 1 N–H and O–H groups in total. The maximum Gasteiger partial charge on any atom is 0.243 e. The maximum atomic E-state index is 12.8. The number of sulfonamides is 1. The van der Waals surface area contributed by atoms with Gasteiger partial charge in [0.25, 0.3) is 0 Å². The lowest BCUT2D eigenvalue weighted by Crippen LogP contribution is -2.42. The van der Waals surface area contributed by atoms with Gasteiger partial charge in [0.1, 0.15) is 0 Å². The second-order valence-electron chi connectivity index (χ2n) is 5.21. The van der Waals surface area contributed by atoms with Gasteiger partial charge in [-0.1, -0.05) is 24.4 Å². The highest BCUT2D eigenvalue weighted by molar-refractivity contribution is 7.89. The van der Waals surface area contributed by atoms with Gasteiger partial charge in [-0.3, -0.25) is 0 Å². The molecule has 0 amide bonds. The molecule has 1 aromatic rings. The van der Waals surface area contributed by atoms with Crippen LogP contribution in [0.2, 0.25) is 5.02 Å². The molecule has 0 radical (unpaired) electrons. The van der Waals surface area contributed by atoms with E-state index in [0.717, 1.165) is 19.3 Å². The SMILES string of the molecule is Cc1cc(Cl)ccc1S(=O)(=O)N1CCCCCC1CO. The van der Waals surface area contributed by atoms with Crippen LogP contribution in [0.1, 0.15) is 31.2 Å². The Morgan fingerprint density at radius 3 is 2.75 bits per heavy atom. The Morgan fingerprint density at radius 2 is 2.10 bits per heavy atom. The van der Waals surface area contributed by atoms with Gasteiger partial charge in [-0.2, -0.15) is 4.31 Å². The van der Waals surface area contributed by atoms with Crippen molar-refractivity contribution in [1.82, 2.24) is 4.31 Å². The number of hydrogen-bond donors (Lipinski definition) is 1. The van der Waals surface area contributed by atoms with Crippen molar-refractivity contribution in [3.05, 3.63) is 28.8 Å². The minimum atomic E-state index is -3.58. The lowest BCUT2D eigenvalue weighted by atomic mass is 10.1. The predicted molar refractivity (Wildman–Crippen MR) is 79.4 cm³/mol. The zero-order chi connectivity index (χ0) is 14.8. The zero-order valence-corrected chi connectivity index (χ0v) is 13.1. The molecule has 2 rings (SSSR count). The van der Waals surface area contributed by atoms with E-state index in [9.17, 15) is 13.5 Å². The average molecular weight is 318 g/mol. The largest absolute Gasteiger partial charge is 0.395 e. The first-order valence-electron chi connectivity index (χ1n) is 6.85. The molecule has 0 saturated carbocycles. The molecule has 1 saturated heterocycles. The van der Waals surface area contributed by atoms with E-state index in [0.29, 0.717) is 23.6 Å². The zero-order valence-electron chi connectivity index (χ0n) is 11.5. The summed E-state index contributed by atoms with van der Waals surface area (Å²) in [5.41, 5.74) is 0.637. The number of aliphatic hydroxyl groups is 1. The average Bonchev–Trinajstić information content (AvgIpc) is 2.63. The minimum Gasteiger partial charge on any atom is -0.395 e. The fourth-order valence-electron chi connectivity index (χ4n) is 2.68. The number of benzene rings is 1. The maximum absolute atomic E-state index is 12.8. The summed E-state index contributed by atoms with van der Waals surface area (Å²) in [6.07, 6.45) is 3.50. The molecule has 1 unspecified atom stereocenters. The van der Waals surface area contributed by atoms with Gasteiger partial charge in [0.2, 0.25) is 10.0 Å². The summed E-state index contributed by atoms with van der Waals surface area (Å²) < 4.78 is 27.1. The van der Waals surface area contributed by atoms with Crippen molar-refractivity contribution >= 4 is 21.6 Å². The lowest BCUT2D eigenvalue weighted by molar-refractivity contribution is 0.186. The molecule has 0 aromatic heterocycles. The van der Waals surface area contributed by atoms with Crippen LogP contribution in [0.25, 0.3) is 0 Å². The van der Waals surface area contributed by atoms with Crippen molar-refractivity contribution in [3.8, 4) is 0 Å². The second kappa shape index (κ2) is 6.43. The van der Waals surface area contributed by atoms with E-state index in [1.54, 1.807) is 25.1 Å². The molecular formula is C14H20ClNO3S. The van der Waals surface area contributed by atoms with E-state index in [-0.39, 0.29) is 17.5 Å². The molecule has 1 atom stereocenters. The van der Waals surface area contributed by atoms with Gasteiger partial charge in [-0.25, -0.2) is 8.42 Å². The van der Waals surface area contributed by atoms with Crippen LogP contribution in [0.4, 0.5) is 0 Å². The highest BCUT2D eigenvalue weighted by atomic mass is 35.5. The summed E-state index contributed by atoms with van der Waals surface area (Å²) >= 11 is 5.89. The lowest BCUT2D eigenvalue weighted by Gasteiger charge is -2.28. The fourth-order valence-corrected chi connectivity index (χ4v) is 4.80. The van der Waals surface area contributed by atoms with Gasteiger partial charge in [-0.15, -0.1) is 0 Å². The van der Waals surface area contributed by atoms with Gasteiger partial charge >= 0.3 is 0 Å². The Kier molecular flexibility index (Phi) is 5.07. The highest BCUT2D eigenvalue weighted by Crippen LogP contribution is 2.27. The van der Waals surface area contributed by atoms with E-state index in [2.05, 4.69) is 0 Å². The van der Waals surface area contributed by atoms with Crippen LogP contribution in [0.5, 0.6) is 0 Å². The fraction of sp³-hybridized carbons (Fsp3) is 0.571. The molecule has 4 nitrogen and oxygen atoms in total. The molecule has 20 heavy (non-hydrogen) atoms. The molecule has 0 bridgehead atoms. The Bertz CT molecular complexity index is 574. The standard InChI is InChI=1S/C14H20ClNO3S/c1-11-9-12(15)6-7-14(11)20(18,19)16-8-4-2-3-5-13(16)10-17/h6-7,9,13,17H,2-5,8,10H2,1H3. The van der Waals surface area contributed by atoms with E-state index in [4.69, 9.17) is 11.6 Å². The Labute approximate surface area is 125 Å². The van der Waals surface area contributed by atoms with E-state index < -0.39 is 10.0 Å². The van der Waals surface area contributed by atoms with Gasteiger partial charge in [0.05, 0.1) is 11.5 Å². The molecule has 1 aromatic carbocycles. The minimum absolute atomic E-state index is 0.133. The van der Waals surface area contributed by atoms with Crippen molar-refractivity contribution in [2.45, 2.75) is 43.5 Å². The normalized spacial score (nSPS) is 21.6. The molecule has 6 heteroatoms. The van der Waals surface area contributed by atoms with Crippen molar-refractivity contribution in [1.29, 1.82) is 0 Å². The molecule has 0 aliphatic carbocycles. The third kappa shape index (κ3) is 3.17. The van der Waals surface area contributed by atoms with Gasteiger partial charge < -0.3 is 5.11 Å². The number of nitrogens with zero attached hydrogens (tertiary/aromatic N) is 1.